The molecule has 0 fully saturated rings. The Bertz CT molecular complexity index is 197. The predicted molar refractivity (Wildman–Crippen MR) is 85.1 cm³/mol. The van der Waals surface area contributed by atoms with Gasteiger partial charge in [0.15, 0.2) is 0 Å². The predicted octanol–water partition coefficient (Wildman–Crippen LogP) is 4.32. The van der Waals surface area contributed by atoms with Crippen molar-refractivity contribution in [3.8, 4) is 0 Å². The molecule has 0 aliphatic heterocycles. The summed E-state index contributed by atoms with van der Waals surface area (Å²) in [6, 6.07) is 0. The maximum Gasteiger partial charge on any atom is 0.0784 e. The summed E-state index contributed by atoms with van der Waals surface area (Å²) in [5.74, 6) is 0. The van der Waals surface area contributed by atoms with Gasteiger partial charge in [-0.25, -0.2) is 0 Å². The van der Waals surface area contributed by atoms with Crippen LogP contribution in [0.3, 0.4) is 0 Å². The SMILES string of the molecule is CCCCCCCCCC(C)OC(C)COC(C)CO. The van der Waals surface area contributed by atoms with Crippen LogP contribution in [0.4, 0.5) is 0 Å². The monoisotopic (exact) mass is 288 g/mol. The van der Waals surface area contributed by atoms with Crippen LogP contribution in [0.1, 0.15) is 79.1 Å². The van der Waals surface area contributed by atoms with Crippen LogP contribution in [0.15, 0.2) is 0 Å². The largest absolute Gasteiger partial charge is 0.394 e. The lowest BCUT2D eigenvalue weighted by atomic mass is 10.1. The number of ether oxygens (including phenoxy) is 2. The quantitative estimate of drug-likeness (QED) is 0.484. The van der Waals surface area contributed by atoms with E-state index in [1.165, 1.54) is 44.9 Å². The molecular formula is C17H36O3. The Balaban J connectivity index is 3.41. The van der Waals surface area contributed by atoms with Crippen molar-refractivity contribution in [1.29, 1.82) is 0 Å². The second-order valence-corrected chi connectivity index (χ2v) is 5.99. The van der Waals surface area contributed by atoms with Gasteiger partial charge < -0.3 is 14.6 Å². The summed E-state index contributed by atoms with van der Waals surface area (Å²) >= 11 is 0. The zero-order chi connectivity index (χ0) is 15.2. The minimum absolute atomic E-state index is 0.0697. The van der Waals surface area contributed by atoms with Gasteiger partial charge in [-0.15, -0.1) is 0 Å². The molecule has 20 heavy (non-hydrogen) atoms. The van der Waals surface area contributed by atoms with Crippen molar-refractivity contribution in [3.63, 3.8) is 0 Å². The fraction of sp³-hybridized carbons (Fsp3) is 1.00. The smallest absolute Gasteiger partial charge is 0.0784 e. The van der Waals surface area contributed by atoms with Gasteiger partial charge in [0, 0.05) is 0 Å². The normalized spacial score (nSPS) is 16.1. The van der Waals surface area contributed by atoms with Gasteiger partial charge in [0.2, 0.25) is 0 Å². The number of rotatable bonds is 14. The molecule has 3 atom stereocenters. The van der Waals surface area contributed by atoms with Gasteiger partial charge in [0.25, 0.3) is 0 Å². The highest BCUT2D eigenvalue weighted by molar-refractivity contribution is 4.57. The number of hydrogen-bond donors (Lipinski definition) is 1. The highest BCUT2D eigenvalue weighted by atomic mass is 16.5. The van der Waals surface area contributed by atoms with Crippen molar-refractivity contribution >= 4 is 0 Å². The van der Waals surface area contributed by atoms with Gasteiger partial charge in [0.1, 0.15) is 0 Å². The molecule has 0 aromatic rings. The molecule has 0 bridgehead atoms. The molecule has 0 heterocycles. The number of unbranched alkanes of at least 4 members (excludes halogenated alkanes) is 6. The summed E-state index contributed by atoms with van der Waals surface area (Å²) in [5.41, 5.74) is 0. The van der Waals surface area contributed by atoms with E-state index in [0.717, 1.165) is 6.42 Å². The first kappa shape index (κ1) is 19.9. The van der Waals surface area contributed by atoms with E-state index in [1.807, 2.05) is 13.8 Å². The molecule has 0 spiro atoms. The molecule has 3 unspecified atom stereocenters. The van der Waals surface area contributed by atoms with Crippen LogP contribution in [0.25, 0.3) is 0 Å². The first-order valence-corrected chi connectivity index (χ1v) is 8.48. The Morgan fingerprint density at radius 1 is 0.800 bits per heavy atom. The maximum atomic E-state index is 8.88. The van der Waals surface area contributed by atoms with Crippen LogP contribution < -0.4 is 0 Å². The van der Waals surface area contributed by atoms with Gasteiger partial charge in [-0.3, -0.25) is 0 Å². The third-order valence-electron chi connectivity index (χ3n) is 3.55. The average Bonchev–Trinajstić information content (AvgIpc) is 2.43. The summed E-state index contributed by atoms with van der Waals surface area (Å²) < 4.78 is 11.3. The van der Waals surface area contributed by atoms with Crippen molar-refractivity contribution in [2.75, 3.05) is 13.2 Å². The van der Waals surface area contributed by atoms with Gasteiger partial charge in [-0.05, 0) is 27.2 Å². The third-order valence-corrected chi connectivity index (χ3v) is 3.55. The van der Waals surface area contributed by atoms with E-state index < -0.39 is 0 Å². The van der Waals surface area contributed by atoms with Crippen LogP contribution in [-0.4, -0.2) is 36.6 Å². The van der Waals surface area contributed by atoms with Crippen molar-refractivity contribution in [1.82, 2.24) is 0 Å². The molecule has 0 saturated heterocycles. The van der Waals surface area contributed by atoms with Gasteiger partial charge in [-0.2, -0.15) is 0 Å². The Morgan fingerprint density at radius 2 is 1.40 bits per heavy atom. The zero-order valence-electron chi connectivity index (χ0n) is 14.1. The molecule has 122 valence electrons. The number of aliphatic hydroxyl groups is 1. The van der Waals surface area contributed by atoms with Crippen molar-refractivity contribution in [2.45, 2.75) is 97.4 Å². The van der Waals surface area contributed by atoms with Gasteiger partial charge in [-0.1, -0.05) is 51.9 Å². The molecule has 3 heteroatoms. The van der Waals surface area contributed by atoms with Crippen LogP contribution in [0.5, 0.6) is 0 Å². The van der Waals surface area contributed by atoms with E-state index in [-0.39, 0.29) is 18.8 Å². The Hall–Kier alpha value is -0.120. The second-order valence-electron chi connectivity index (χ2n) is 5.99. The van der Waals surface area contributed by atoms with E-state index in [2.05, 4.69) is 13.8 Å². The molecule has 3 nitrogen and oxygen atoms in total. The van der Waals surface area contributed by atoms with E-state index in [4.69, 9.17) is 14.6 Å². The van der Waals surface area contributed by atoms with E-state index in [1.54, 1.807) is 0 Å². The molecule has 0 aliphatic carbocycles. The summed E-state index contributed by atoms with van der Waals surface area (Å²) in [5, 5.41) is 8.88. The summed E-state index contributed by atoms with van der Waals surface area (Å²) in [6.07, 6.45) is 10.8. The molecule has 0 amide bonds. The number of aliphatic hydroxyl groups excluding tert-OH is 1. The van der Waals surface area contributed by atoms with E-state index >= 15 is 0 Å². The number of hydrogen-bond acceptors (Lipinski definition) is 3. The molecule has 0 saturated carbocycles. The molecule has 0 radical (unpaired) electrons. The molecule has 0 aliphatic rings. The van der Waals surface area contributed by atoms with Crippen molar-refractivity contribution in [3.05, 3.63) is 0 Å². The summed E-state index contributed by atoms with van der Waals surface area (Å²) in [6.45, 7) is 8.93. The van der Waals surface area contributed by atoms with Crippen LogP contribution in [0.2, 0.25) is 0 Å². The van der Waals surface area contributed by atoms with Crippen molar-refractivity contribution in [2.24, 2.45) is 0 Å². The van der Waals surface area contributed by atoms with Crippen molar-refractivity contribution < 1.29 is 14.6 Å². The van der Waals surface area contributed by atoms with Gasteiger partial charge in [0.05, 0.1) is 31.5 Å². The summed E-state index contributed by atoms with van der Waals surface area (Å²) in [7, 11) is 0. The van der Waals surface area contributed by atoms with Gasteiger partial charge >= 0.3 is 0 Å². The highest BCUT2D eigenvalue weighted by Gasteiger charge is 2.10. The Morgan fingerprint density at radius 3 is 2.00 bits per heavy atom. The highest BCUT2D eigenvalue weighted by Crippen LogP contribution is 2.12. The molecule has 0 aromatic heterocycles. The first-order chi connectivity index (χ1) is 9.60. The Kier molecular flexibility index (Phi) is 13.8. The minimum Gasteiger partial charge on any atom is -0.394 e. The second kappa shape index (κ2) is 13.8. The molecular weight excluding hydrogens is 252 g/mol. The van der Waals surface area contributed by atoms with Crippen LogP contribution in [0, 0.1) is 0 Å². The topological polar surface area (TPSA) is 38.7 Å². The van der Waals surface area contributed by atoms with E-state index in [9.17, 15) is 0 Å². The van der Waals surface area contributed by atoms with E-state index in [0.29, 0.717) is 12.7 Å². The fourth-order valence-corrected chi connectivity index (χ4v) is 2.25. The lowest BCUT2D eigenvalue weighted by Crippen LogP contribution is -2.25. The van der Waals surface area contributed by atoms with Crippen LogP contribution >= 0.6 is 0 Å². The van der Waals surface area contributed by atoms with Crippen LogP contribution in [-0.2, 0) is 9.47 Å². The minimum atomic E-state index is -0.0977. The first-order valence-electron chi connectivity index (χ1n) is 8.48. The molecule has 0 rings (SSSR count). The lowest BCUT2D eigenvalue weighted by Gasteiger charge is -2.20. The average molecular weight is 288 g/mol. The fourth-order valence-electron chi connectivity index (χ4n) is 2.25. The third kappa shape index (κ3) is 12.9. The molecule has 1 N–H and O–H groups in total. The summed E-state index contributed by atoms with van der Waals surface area (Å²) in [4.78, 5) is 0. The maximum absolute atomic E-state index is 8.88. The zero-order valence-corrected chi connectivity index (χ0v) is 14.1. The Labute approximate surface area is 126 Å². The molecule has 0 aromatic carbocycles. The standard InChI is InChI=1S/C17H36O3/c1-5-6-7-8-9-10-11-12-15(2)20-17(4)14-19-16(3)13-18/h15-18H,5-14H2,1-4H3. The lowest BCUT2D eigenvalue weighted by molar-refractivity contribution is -0.0696.